The summed E-state index contributed by atoms with van der Waals surface area (Å²) in [6.45, 7) is 4.97. The lowest BCUT2D eigenvalue weighted by atomic mass is 10.0. The highest BCUT2D eigenvalue weighted by Crippen LogP contribution is 2.43. The Morgan fingerprint density at radius 3 is 1.22 bits per heavy atom. The second-order valence-electron chi connectivity index (χ2n) is 17.7. The molecule has 0 aliphatic heterocycles. The largest absolute Gasteiger partial charge is 0.472 e. The van der Waals surface area contributed by atoms with Crippen molar-refractivity contribution in [2.24, 2.45) is 5.73 Å². The van der Waals surface area contributed by atoms with Crippen molar-refractivity contribution in [3.05, 3.63) is 12.2 Å². The van der Waals surface area contributed by atoms with Crippen molar-refractivity contribution in [1.82, 2.24) is 0 Å². The summed E-state index contributed by atoms with van der Waals surface area (Å²) in [5, 5.41) is 0. The smallest absolute Gasteiger partial charge is 0.457 e. The highest BCUT2D eigenvalue weighted by molar-refractivity contribution is 7.47. The molecule has 0 aromatic carbocycles. The molecule has 0 spiro atoms. The molecule has 8 nitrogen and oxygen atoms in total. The van der Waals surface area contributed by atoms with E-state index in [1.54, 1.807) is 0 Å². The van der Waals surface area contributed by atoms with Gasteiger partial charge in [-0.25, -0.2) is 4.57 Å². The summed E-state index contributed by atoms with van der Waals surface area (Å²) in [5.41, 5.74) is 5.39. The Kier molecular flexibility index (Phi) is 48.6. The molecule has 0 aliphatic carbocycles. The number of allylic oxidation sites excluding steroid dienone is 2. The summed E-state index contributed by atoms with van der Waals surface area (Å²) in [6, 6.07) is 0. The Balaban J connectivity index is 3.87. The first-order valence-electron chi connectivity index (χ1n) is 26.2. The van der Waals surface area contributed by atoms with Crippen LogP contribution >= 0.6 is 7.82 Å². The van der Waals surface area contributed by atoms with E-state index in [1.807, 2.05) is 0 Å². The van der Waals surface area contributed by atoms with E-state index in [1.165, 1.54) is 218 Å². The molecule has 0 radical (unpaired) electrons. The number of phosphoric acid groups is 1. The molecule has 3 N–H and O–H groups in total. The van der Waals surface area contributed by atoms with Crippen LogP contribution in [0.2, 0.25) is 0 Å². The van der Waals surface area contributed by atoms with Crippen molar-refractivity contribution in [2.75, 3.05) is 33.0 Å². The minimum absolute atomic E-state index is 0.0930. The fourth-order valence-corrected chi connectivity index (χ4v) is 8.58. The van der Waals surface area contributed by atoms with Gasteiger partial charge in [0.15, 0.2) is 0 Å². The Morgan fingerprint density at radius 1 is 0.483 bits per heavy atom. The van der Waals surface area contributed by atoms with Crippen molar-refractivity contribution < 1.29 is 32.8 Å². The first-order chi connectivity index (χ1) is 29.4. The molecular weight excluding hydrogens is 770 g/mol. The lowest BCUT2D eigenvalue weighted by molar-refractivity contribution is -0.154. The van der Waals surface area contributed by atoms with Crippen LogP contribution in [0, 0.1) is 0 Å². The molecular formula is C51H102NO7P. The number of nitrogens with two attached hydrogens (primary N) is 1. The number of hydrogen-bond acceptors (Lipinski definition) is 7. The molecule has 2 unspecified atom stereocenters. The lowest BCUT2D eigenvalue weighted by Gasteiger charge is -2.20. The van der Waals surface area contributed by atoms with Gasteiger partial charge in [0.2, 0.25) is 0 Å². The summed E-state index contributed by atoms with van der Waals surface area (Å²) in [5.74, 6) is -0.325. The third kappa shape index (κ3) is 48.3. The van der Waals surface area contributed by atoms with Crippen molar-refractivity contribution in [3.8, 4) is 0 Å². The van der Waals surface area contributed by atoms with Crippen LogP contribution in [-0.2, 0) is 27.9 Å². The highest BCUT2D eigenvalue weighted by atomic mass is 31.2. The van der Waals surface area contributed by atoms with Gasteiger partial charge in [-0.1, -0.05) is 238 Å². The van der Waals surface area contributed by atoms with Crippen LogP contribution in [0.1, 0.15) is 271 Å². The molecule has 0 heterocycles. The number of ether oxygens (including phenoxy) is 2. The van der Waals surface area contributed by atoms with Crippen molar-refractivity contribution >= 4 is 13.8 Å². The number of esters is 1. The number of hydrogen-bond donors (Lipinski definition) is 2. The second-order valence-corrected chi connectivity index (χ2v) is 19.2. The average Bonchev–Trinajstić information content (AvgIpc) is 3.24. The normalized spacial score (nSPS) is 13.3. The van der Waals surface area contributed by atoms with E-state index < -0.39 is 13.9 Å². The summed E-state index contributed by atoms with van der Waals surface area (Å²) >= 11 is 0. The fraction of sp³-hybridized carbons (Fsp3) is 0.941. The summed E-state index contributed by atoms with van der Waals surface area (Å²) in [4.78, 5) is 22.6. The van der Waals surface area contributed by atoms with Crippen LogP contribution in [0.3, 0.4) is 0 Å². The van der Waals surface area contributed by atoms with Gasteiger partial charge in [0, 0.05) is 19.6 Å². The Bertz CT molecular complexity index is 935. The third-order valence-corrected chi connectivity index (χ3v) is 12.7. The molecule has 0 aromatic heterocycles. The number of unbranched alkanes of at least 4 members (excludes halogenated alkanes) is 36. The number of carbonyl (C=O) groups excluding carboxylic acids is 1. The van der Waals surface area contributed by atoms with Gasteiger partial charge < -0.3 is 20.1 Å². The zero-order valence-electron chi connectivity index (χ0n) is 40.0. The fourth-order valence-electron chi connectivity index (χ4n) is 7.82. The molecule has 0 saturated carbocycles. The Morgan fingerprint density at radius 2 is 0.833 bits per heavy atom. The van der Waals surface area contributed by atoms with Crippen LogP contribution in [0.5, 0.6) is 0 Å². The molecule has 0 aromatic rings. The van der Waals surface area contributed by atoms with Gasteiger partial charge in [0.05, 0.1) is 19.8 Å². The first-order valence-corrected chi connectivity index (χ1v) is 27.7. The SMILES string of the molecule is CCCCCCCCC/C=C\CCCCCCCCOCC(COP(=O)(O)OCCN)OC(=O)CCCCCCCCCCCCCCCCCCCCCCCCCC. The molecule has 0 saturated heterocycles. The van der Waals surface area contributed by atoms with Crippen LogP contribution in [0.4, 0.5) is 0 Å². The van der Waals surface area contributed by atoms with Gasteiger partial charge in [0.25, 0.3) is 0 Å². The lowest BCUT2D eigenvalue weighted by Crippen LogP contribution is -2.28. The monoisotopic (exact) mass is 872 g/mol. The van der Waals surface area contributed by atoms with Crippen molar-refractivity contribution in [2.45, 2.75) is 277 Å². The van der Waals surface area contributed by atoms with E-state index in [9.17, 15) is 14.3 Å². The van der Waals surface area contributed by atoms with Crippen LogP contribution in [0.25, 0.3) is 0 Å². The maximum Gasteiger partial charge on any atom is 0.472 e. The average molecular weight is 872 g/mol. The third-order valence-electron chi connectivity index (χ3n) is 11.7. The van der Waals surface area contributed by atoms with E-state index in [4.69, 9.17) is 24.3 Å². The Labute approximate surface area is 373 Å². The van der Waals surface area contributed by atoms with Gasteiger partial charge in [-0.15, -0.1) is 0 Å². The molecule has 60 heavy (non-hydrogen) atoms. The molecule has 0 fully saturated rings. The predicted molar refractivity (Wildman–Crippen MR) is 257 cm³/mol. The number of rotatable bonds is 51. The first kappa shape index (κ1) is 59.2. The van der Waals surface area contributed by atoms with Crippen LogP contribution in [0.15, 0.2) is 12.2 Å². The highest BCUT2D eigenvalue weighted by Gasteiger charge is 2.25. The molecule has 0 rings (SSSR count). The topological polar surface area (TPSA) is 117 Å². The molecule has 9 heteroatoms. The van der Waals surface area contributed by atoms with Gasteiger partial charge in [0.1, 0.15) is 6.10 Å². The molecule has 0 bridgehead atoms. The molecule has 0 aliphatic rings. The van der Waals surface area contributed by atoms with Crippen LogP contribution in [-0.4, -0.2) is 49.9 Å². The van der Waals surface area contributed by atoms with E-state index in [2.05, 4.69) is 26.0 Å². The zero-order valence-corrected chi connectivity index (χ0v) is 40.9. The summed E-state index contributed by atoms with van der Waals surface area (Å²) in [7, 11) is -4.28. The van der Waals surface area contributed by atoms with E-state index in [0.717, 1.165) is 32.1 Å². The second kappa shape index (κ2) is 49.3. The van der Waals surface area contributed by atoms with Crippen LogP contribution < -0.4 is 5.73 Å². The van der Waals surface area contributed by atoms with Gasteiger partial charge in [-0.2, -0.15) is 0 Å². The maximum absolute atomic E-state index is 12.7. The van der Waals surface area contributed by atoms with Gasteiger partial charge in [-0.05, 0) is 38.5 Å². The van der Waals surface area contributed by atoms with E-state index in [0.29, 0.717) is 13.0 Å². The Hall–Kier alpha value is -0.760. The summed E-state index contributed by atoms with van der Waals surface area (Å²) < 4.78 is 33.6. The molecule has 358 valence electrons. The number of carbonyl (C=O) groups is 1. The number of phosphoric ester groups is 1. The maximum atomic E-state index is 12.7. The minimum atomic E-state index is -4.28. The quantitative estimate of drug-likeness (QED) is 0.0269. The van der Waals surface area contributed by atoms with Gasteiger partial charge in [-0.3, -0.25) is 13.8 Å². The van der Waals surface area contributed by atoms with E-state index >= 15 is 0 Å². The minimum Gasteiger partial charge on any atom is -0.457 e. The standard InChI is InChI=1S/C51H102NO7P/c1-3-5-7-9-11-13-15-17-19-21-22-23-24-25-26-27-28-30-32-34-36-38-40-42-44-51(53)59-50(49-58-60(54,55)57-47-45-52)48-56-46-43-41-39-37-35-33-31-29-20-18-16-14-12-10-8-6-4-2/h20,29,50H,3-19,21-28,30-49,52H2,1-2H3,(H,54,55)/b29-20-. The molecule has 0 amide bonds. The molecule has 2 atom stereocenters. The van der Waals surface area contributed by atoms with Crippen molar-refractivity contribution in [1.29, 1.82) is 0 Å². The zero-order chi connectivity index (χ0) is 43.7. The predicted octanol–water partition coefficient (Wildman–Crippen LogP) is 16.2. The summed E-state index contributed by atoms with van der Waals surface area (Å²) in [6.07, 6.45) is 55.4. The van der Waals surface area contributed by atoms with Gasteiger partial charge >= 0.3 is 13.8 Å². The van der Waals surface area contributed by atoms with Crippen molar-refractivity contribution in [3.63, 3.8) is 0 Å². The van der Waals surface area contributed by atoms with E-state index in [-0.39, 0.29) is 32.3 Å².